The van der Waals surface area contributed by atoms with Gasteiger partial charge in [-0.2, -0.15) is 0 Å². The van der Waals surface area contributed by atoms with Gasteiger partial charge in [0.25, 0.3) is 5.91 Å². The average molecular weight is 311 g/mol. The van der Waals surface area contributed by atoms with Gasteiger partial charge in [-0.3, -0.25) is 9.78 Å². The molecule has 0 aromatic carbocycles. The van der Waals surface area contributed by atoms with Crippen molar-refractivity contribution in [2.75, 3.05) is 13.1 Å². The Bertz CT molecular complexity index is 426. The third kappa shape index (κ3) is 3.10. The fourth-order valence-electron chi connectivity index (χ4n) is 2.42. The van der Waals surface area contributed by atoms with Crippen LogP contribution in [0, 0.1) is 12.8 Å². The second-order valence-corrected chi connectivity index (χ2v) is 6.44. The number of piperidine rings is 1. The van der Waals surface area contributed by atoms with E-state index in [2.05, 4.69) is 27.8 Å². The molecule has 1 atom stereocenters. The van der Waals surface area contributed by atoms with Gasteiger partial charge in [-0.25, -0.2) is 0 Å². The highest BCUT2D eigenvalue weighted by atomic mass is 79.9. The summed E-state index contributed by atoms with van der Waals surface area (Å²) in [6, 6.07) is 3.66. The average Bonchev–Trinajstić information content (AvgIpc) is 2.38. The van der Waals surface area contributed by atoms with Crippen LogP contribution in [0.5, 0.6) is 0 Å². The van der Waals surface area contributed by atoms with Crippen molar-refractivity contribution < 1.29 is 4.79 Å². The van der Waals surface area contributed by atoms with E-state index in [-0.39, 0.29) is 5.91 Å². The molecule has 0 radical (unpaired) electrons. The molecule has 0 bridgehead atoms. The number of amides is 1. The van der Waals surface area contributed by atoms with Crippen LogP contribution in [0.1, 0.15) is 35.8 Å². The van der Waals surface area contributed by atoms with Crippen LogP contribution < -0.4 is 0 Å². The first-order valence-corrected chi connectivity index (χ1v) is 7.35. The Hall–Kier alpha value is -0.900. The van der Waals surface area contributed by atoms with Crippen LogP contribution in [0.15, 0.2) is 18.3 Å². The molecule has 1 fully saturated rings. The molecule has 1 saturated heterocycles. The monoisotopic (exact) mass is 310 g/mol. The van der Waals surface area contributed by atoms with Crippen LogP contribution in [0.4, 0.5) is 0 Å². The molecule has 1 unspecified atom stereocenters. The van der Waals surface area contributed by atoms with Crippen molar-refractivity contribution in [1.82, 2.24) is 9.88 Å². The Kier molecular flexibility index (Phi) is 4.38. The predicted octanol–water partition coefficient (Wildman–Crippen LogP) is 3.03. The molecular weight excluding hydrogens is 292 g/mol. The minimum atomic E-state index is 0.140. The first kappa shape index (κ1) is 13.5. The van der Waals surface area contributed by atoms with Crippen molar-refractivity contribution >= 4 is 21.8 Å². The summed E-state index contributed by atoms with van der Waals surface area (Å²) in [7, 11) is 0. The Morgan fingerprint density at radius 1 is 1.50 bits per heavy atom. The number of aryl methyl sites for hydroxylation is 1. The van der Waals surface area contributed by atoms with Crippen molar-refractivity contribution in [3.05, 3.63) is 29.6 Å². The molecule has 2 rings (SSSR count). The maximum absolute atomic E-state index is 12.3. The van der Waals surface area contributed by atoms with E-state index in [4.69, 9.17) is 0 Å². The highest BCUT2D eigenvalue weighted by molar-refractivity contribution is 9.09. The van der Waals surface area contributed by atoms with Crippen molar-refractivity contribution in [3.8, 4) is 0 Å². The third-order valence-electron chi connectivity index (χ3n) is 3.62. The number of hydrogen-bond donors (Lipinski definition) is 0. The number of carbonyl (C=O) groups excluding carboxylic acids is 1. The smallest absolute Gasteiger partial charge is 0.253 e. The molecule has 18 heavy (non-hydrogen) atoms. The molecule has 4 heteroatoms. The quantitative estimate of drug-likeness (QED) is 0.787. The molecule has 0 N–H and O–H groups in total. The highest BCUT2D eigenvalue weighted by Crippen LogP contribution is 2.25. The van der Waals surface area contributed by atoms with Crippen molar-refractivity contribution in [2.45, 2.75) is 31.5 Å². The summed E-state index contributed by atoms with van der Waals surface area (Å²) in [4.78, 5) is 18.9. The van der Waals surface area contributed by atoms with Gasteiger partial charge < -0.3 is 4.90 Å². The normalized spacial score (nSPS) is 18.7. The van der Waals surface area contributed by atoms with E-state index in [0.29, 0.717) is 10.7 Å². The molecule has 2 heterocycles. The molecular formula is C14H19BrN2O. The van der Waals surface area contributed by atoms with Gasteiger partial charge in [0.2, 0.25) is 0 Å². The second kappa shape index (κ2) is 5.83. The van der Waals surface area contributed by atoms with E-state index in [0.717, 1.165) is 37.2 Å². The van der Waals surface area contributed by atoms with E-state index >= 15 is 0 Å². The Labute approximate surface area is 117 Å². The predicted molar refractivity (Wildman–Crippen MR) is 76.0 cm³/mol. The number of carbonyl (C=O) groups is 1. The van der Waals surface area contributed by atoms with Gasteiger partial charge in [-0.1, -0.05) is 22.9 Å². The van der Waals surface area contributed by atoms with Crippen LogP contribution in [0.3, 0.4) is 0 Å². The molecule has 0 saturated carbocycles. The molecule has 0 aliphatic carbocycles. The van der Waals surface area contributed by atoms with Crippen molar-refractivity contribution in [2.24, 2.45) is 5.92 Å². The fraction of sp³-hybridized carbons (Fsp3) is 0.571. The lowest BCUT2D eigenvalue weighted by Crippen LogP contribution is -2.40. The molecule has 1 aromatic rings. The molecule has 1 amide bonds. The number of nitrogens with zero attached hydrogens (tertiary/aromatic N) is 2. The highest BCUT2D eigenvalue weighted by Gasteiger charge is 2.25. The maximum Gasteiger partial charge on any atom is 0.253 e. The minimum absolute atomic E-state index is 0.140. The fourth-order valence-corrected chi connectivity index (χ4v) is 2.95. The number of hydrogen-bond acceptors (Lipinski definition) is 2. The summed E-state index contributed by atoms with van der Waals surface area (Å²) in [6.07, 6.45) is 3.88. The number of alkyl halides is 1. The van der Waals surface area contributed by atoms with Crippen LogP contribution in [-0.2, 0) is 0 Å². The number of likely N-dealkylation sites (tertiary alicyclic amines) is 1. The van der Waals surface area contributed by atoms with Crippen LogP contribution >= 0.6 is 15.9 Å². The Morgan fingerprint density at radius 2 is 2.17 bits per heavy atom. The molecule has 98 valence electrons. The van der Waals surface area contributed by atoms with Gasteiger partial charge in [-0.05, 0) is 37.8 Å². The van der Waals surface area contributed by atoms with Crippen LogP contribution in [0.2, 0.25) is 0 Å². The first-order chi connectivity index (χ1) is 8.58. The van der Waals surface area contributed by atoms with Crippen molar-refractivity contribution in [1.29, 1.82) is 0 Å². The van der Waals surface area contributed by atoms with Gasteiger partial charge in [0, 0.05) is 35.4 Å². The van der Waals surface area contributed by atoms with E-state index in [1.807, 2.05) is 17.9 Å². The van der Waals surface area contributed by atoms with Gasteiger partial charge in [-0.15, -0.1) is 0 Å². The largest absolute Gasteiger partial charge is 0.339 e. The SMILES string of the molecule is Cc1cc(C(=O)N2CCC(C(C)Br)CC2)ccn1. The zero-order valence-corrected chi connectivity index (χ0v) is 12.5. The zero-order valence-electron chi connectivity index (χ0n) is 10.9. The summed E-state index contributed by atoms with van der Waals surface area (Å²) in [5, 5.41) is 0. The van der Waals surface area contributed by atoms with Crippen LogP contribution in [0.25, 0.3) is 0 Å². The molecule has 1 aliphatic rings. The Balaban J connectivity index is 1.99. The molecule has 1 aromatic heterocycles. The van der Waals surface area contributed by atoms with Gasteiger partial charge in [0.1, 0.15) is 0 Å². The third-order valence-corrected chi connectivity index (χ3v) is 4.37. The van der Waals surface area contributed by atoms with E-state index in [1.54, 1.807) is 12.3 Å². The van der Waals surface area contributed by atoms with Gasteiger partial charge in [0.05, 0.1) is 0 Å². The van der Waals surface area contributed by atoms with Crippen LogP contribution in [-0.4, -0.2) is 33.7 Å². The lowest BCUT2D eigenvalue weighted by Gasteiger charge is -2.33. The first-order valence-electron chi connectivity index (χ1n) is 6.44. The summed E-state index contributed by atoms with van der Waals surface area (Å²) in [5.41, 5.74) is 1.65. The molecule has 1 aliphatic heterocycles. The van der Waals surface area contributed by atoms with Crippen molar-refractivity contribution in [3.63, 3.8) is 0 Å². The number of halogens is 1. The Morgan fingerprint density at radius 3 is 2.72 bits per heavy atom. The van der Waals surface area contributed by atoms with Gasteiger partial charge >= 0.3 is 0 Å². The second-order valence-electron chi connectivity index (χ2n) is 4.99. The van der Waals surface area contributed by atoms with E-state index < -0.39 is 0 Å². The lowest BCUT2D eigenvalue weighted by molar-refractivity contribution is 0.0691. The number of rotatable bonds is 2. The maximum atomic E-state index is 12.3. The molecule has 3 nitrogen and oxygen atoms in total. The summed E-state index contributed by atoms with van der Waals surface area (Å²) in [5.74, 6) is 0.828. The number of aromatic nitrogens is 1. The van der Waals surface area contributed by atoms with E-state index in [9.17, 15) is 4.79 Å². The summed E-state index contributed by atoms with van der Waals surface area (Å²) >= 11 is 3.64. The topological polar surface area (TPSA) is 33.2 Å². The lowest BCUT2D eigenvalue weighted by atomic mass is 9.94. The van der Waals surface area contributed by atoms with Gasteiger partial charge in [0.15, 0.2) is 0 Å². The summed E-state index contributed by atoms with van der Waals surface area (Å²) in [6.45, 7) is 5.82. The van der Waals surface area contributed by atoms with E-state index in [1.165, 1.54) is 0 Å². The standard InChI is InChI=1S/C14H19BrN2O/c1-10-9-13(3-6-16-10)14(18)17-7-4-12(5-8-17)11(2)15/h3,6,9,11-12H,4-5,7-8H2,1-2H3. The zero-order chi connectivity index (χ0) is 13.1. The summed E-state index contributed by atoms with van der Waals surface area (Å²) < 4.78 is 0. The molecule has 0 spiro atoms. The number of pyridine rings is 1. The minimum Gasteiger partial charge on any atom is -0.339 e.